The van der Waals surface area contributed by atoms with E-state index in [2.05, 4.69) is 13.8 Å². The van der Waals surface area contributed by atoms with Crippen molar-refractivity contribution in [1.29, 1.82) is 0 Å². The Kier molecular flexibility index (Phi) is 10.4. The standard InChI is InChI=1S/C14H30O7Si/c1-4-19-22(13(2)3)20-10-9-18-14(12-21-22)11-17-8-7-16-6-5-15/h13-15H,4-12H2,1-3H3. The van der Waals surface area contributed by atoms with Crippen molar-refractivity contribution in [2.45, 2.75) is 32.4 Å². The van der Waals surface area contributed by atoms with Crippen LogP contribution < -0.4 is 0 Å². The summed E-state index contributed by atoms with van der Waals surface area (Å²) in [6.45, 7) is 9.77. The molecule has 7 nitrogen and oxygen atoms in total. The van der Waals surface area contributed by atoms with Gasteiger partial charge in [-0.05, 0) is 6.92 Å². The number of rotatable bonds is 10. The molecular formula is C14H30O7Si. The minimum atomic E-state index is -2.64. The van der Waals surface area contributed by atoms with Gasteiger partial charge in [0.2, 0.25) is 0 Å². The summed E-state index contributed by atoms with van der Waals surface area (Å²) in [7, 11) is -2.64. The Hall–Kier alpha value is -0.0631. The normalized spacial score (nSPS) is 26.9. The average molecular weight is 338 g/mol. The molecule has 0 amide bonds. The van der Waals surface area contributed by atoms with E-state index in [1.54, 1.807) is 0 Å². The highest BCUT2D eigenvalue weighted by Crippen LogP contribution is 2.26. The molecule has 132 valence electrons. The van der Waals surface area contributed by atoms with E-state index in [0.29, 0.717) is 52.9 Å². The molecule has 0 spiro atoms. The first-order valence-electron chi connectivity index (χ1n) is 7.94. The molecular weight excluding hydrogens is 308 g/mol. The third-order valence-electron chi connectivity index (χ3n) is 3.17. The molecule has 1 saturated heterocycles. The molecule has 0 aliphatic carbocycles. The second kappa shape index (κ2) is 11.5. The Morgan fingerprint density at radius 3 is 2.59 bits per heavy atom. The molecule has 2 atom stereocenters. The van der Waals surface area contributed by atoms with Crippen LogP contribution in [-0.2, 0) is 27.5 Å². The number of aliphatic hydroxyl groups is 1. The lowest BCUT2D eigenvalue weighted by Gasteiger charge is -2.35. The predicted octanol–water partition coefficient (Wildman–Crippen LogP) is 0.829. The highest BCUT2D eigenvalue weighted by molar-refractivity contribution is 6.62. The van der Waals surface area contributed by atoms with Gasteiger partial charge in [-0.1, -0.05) is 13.8 Å². The van der Waals surface area contributed by atoms with Gasteiger partial charge in [0.25, 0.3) is 0 Å². The first kappa shape index (κ1) is 20.0. The molecule has 0 aromatic carbocycles. The van der Waals surface area contributed by atoms with Gasteiger partial charge in [0.15, 0.2) is 0 Å². The molecule has 1 aliphatic heterocycles. The summed E-state index contributed by atoms with van der Waals surface area (Å²) in [4.78, 5) is 0. The van der Waals surface area contributed by atoms with Crippen molar-refractivity contribution in [3.63, 3.8) is 0 Å². The van der Waals surface area contributed by atoms with Gasteiger partial charge in [-0.25, -0.2) is 0 Å². The summed E-state index contributed by atoms with van der Waals surface area (Å²) in [5, 5.41) is 8.60. The zero-order valence-corrected chi connectivity index (χ0v) is 14.9. The van der Waals surface area contributed by atoms with Gasteiger partial charge in [-0.2, -0.15) is 0 Å². The lowest BCUT2D eigenvalue weighted by Crippen LogP contribution is -2.52. The summed E-state index contributed by atoms with van der Waals surface area (Å²) in [6, 6.07) is 0. The second-order valence-corrected chi connectivity index (χ2v) is 8.48. The van der Waals surface area contributed by atoms with E-state index in [9.17, 15) is 0 Å². The van der Waals surface area contributed by atoms with Gasteiger partial charge < -0.3 is 32.6 Å². The first-order valence-corrected chi connectivity index (χ1v) is 9.74. The van der Waals surface area contributed by atoms with Gasteiger partial charge in [0.1, 0.15) is 6.10 Å². The molecule has 0 aromatic rings. The maximum absolute atomic E-state index is 8.60. The maximum Gasteiger partial charge on any atom is 0.503 e. The zero-order valence-electron chi connectivity index (χ0n) is 13.9. The summed E-state index contributed by atoms with van der Waals surface area (Å²) < 4.78 is 34.1. The second-order valence-electron chi connectivity index (χ2n) is 5.25. The highest BCUT2D eigenvalue weighted by atomic mass is 28.4. The fourth-order valence-corrected chi connectivity index (χ4v) is 4.52. The van der Waals surface area contributed by atoms with Crippen molar-refractivity contribution >= 4 is 8.80 Å². The van der Waals surface area contributed by atoms with E-state index in [-0.39, 0.29) is 18.3 Å². The van der Waals surface area contributed by atoms with Crippen LogP contribution >= 0.6 is 0 Å². The molecule has 0 saturated carbocycles. The molecule has 1 aliphatic rings. The van der Waals surface area contributed by atoms with Crippen molar-refractivity contribution in [2.24, 2.45) is 0 Å². The van der Waals surface area contributed by atoms with E-state index >= 15 is 0 Å². The molecule has 0 aromatic heterocycles. The smallest absolute Gasteiger partial charge is 0.394 e. The van der Waals surface area contributed by atoms with Crippen LogP contribution in [0.15, 0.2) is 0 Å². The van der Waals surface area contributed by atoms with Gasteiger partial charge >= 0.3 is 8.80 Å². The van der Waals surface area contributed by atoms with Crippen LogP contribution in [0.2, 0.25) is 5.54 Å². The lowest BCUT2D eigenvalue weighted by atomic mass is 10.4. The molecule has 0 radical (unpaired) electrons. The molecule has 1 fully saturated rings. The SMILES string of the molecule is CCO[Si]1(C(C)C)OCCOC(COCCOCCO)CO1. The van der Waals surface area contributed by atoms with Crippen LogP contribution in [0.25, 0.3) is 0 Å². The van der Waals surface area contributed by atoms with Crippen LogP contribution in [0.4, 0.5) is 0 Å². The topological polar surface area (TPSA) is 75.6 Å². The van der Waals surface area contributed by atoms with Gasteiger partial charge in [0, 0.05) is 12.1 Å². The Balaban J connectivity index is 2.35. The highest BCUT2D eigenvalue weighted by Gasteiger charge is 2.46. The Labute approximate surface area is 134 Å². The van der Waals surface area contributed by atoms with Gasteiger partial charge in [-0.15, -0.1) is 0 Å². The Morgan fingerprint density at radius 2 is 1.91 bits per heavy atom. The summed E-state index contributed by atoms with van der Waals surface area (Å²) >= 11 is 0. The number of aliphatic hydroxyl groups excluding tert-OH is 1. The fraction of sp³-hybridized carbons (Fsp3) is 1.00. The molecule has 1 rings (SSSR count). The monoisotopic (exact) mass is 338 g/mol. The summed E-state index contributed by atoms with van der Waals surface area (Å²) in [6.07, 6.45) is -0.132. The molecule has 0 bridgehead atoms. The van der Waals surface area contributed by atoms with Crippen molar-refractivity contribution < 1.29 is 32.6 Å². The summed E-state index contributed by atoms with van der Waals surface area (Å²) in [5.74, 6) is 0. The van der Waals surface area contributed by atoms with Crippen LogP contribution in [0.3, 0.4) is 0 Å². The first-order chi connectivity index (χ1) is 10.6. The number of hydrogen-bond acceptors (Lipinski definition) is 7. The average Bonchev–Trinajstić information content (AvgIpc) is 2.48. The Morgan fingerprint density at radius 1 is 1.14 bits per heavy atom. The van der Waals surface area contributed by atoms with Crippen molar-refractivity contribution in [3.05, 3.63) is 0 Å². The van der Waals surface area contributed by atoms with Crippen molar-refractivity contribution in [1.82, 2.24) is 0 Å². The molecule has 1 heterocycles. The van der Waals surface area contributed by atoms with E-state index in [1.165, 1.54) is 0 Å². The minimum Gasteiger partial charge on any atom is -0.394 e. The van der Waals surface area contributed by atoms with E-state index in [1.807, 2.05) is 6.92 Å². The van der Waals surface area contributed by atoms with Crippen LogP contribution in [-0.4, -0.2) is 79.5 Å². The Bertz CT molecular complexity index is 280. The zero-order chi connectivity index (χ0) is 16.3. The van der Waals surface area contributed by atoms with E-state index in [0.717, 1.165) is 0 Å². The molecule has 8 heteroatoms. The molecule has 1 N–H and O–H groups in total. The van der Waals surface area contributed by atoms with Crippen LogP contribution in [0, 0.1) is 0 Å². The van der Waals surface area contributed by atoms with Crippen molar-refractivity contribution in [3.8, 4) is 0 Å². The van der Waals surface area contributed by atoms with Crippen LogP contribution in [0.5, 0.6) is 0 Å². The lowest BCUT2D eigenvalue weighted by molar-refractivity contribution is -0.0906. The van der Waals surface area contributed by atoms with E-state index < -0.39 is 8.80 Å². The van der Waals surface area contributed by atoms with Crippen LogP contribution in [0.1, 0.15) is 20.8 Å². The quantitative estimate of drug-likeness (QED) is 0.467. The third kappa shape index (κ3) is 7.01. The third-order valence-corrected chi connectivity index (χ3v) is 6.46. The van der Waals surface area contributed by atoms with Gasteiger partial charge in [-0.3, -0.25) is 0 Å². The molecule has 2 unspecified atom stereocenters. The largest absolute Gasteiger partial charge is 0.503 e. The minimum absolute atomic E-state index is 0.0267. The number of ether oxygens (including phenoxy) is 3. The van der Waals surface area contributed by atoms with E-state index in [4.69, 9.17) is 32.6 Å². The number of hydrogen-bond donors (Lipinski definition) is 1. The summed E-state index contributed by atoms with van der Waals surface area (Å²) in [5.41, 5.74) is 0.207. The fourth-order valence-electron chi connectivity index (χ4n) is 2.08. The molecule has 22 heavy (non-hydrogen) atoms. The predicted molar refractivity (Wildman–Crippen MR) is 82.8 cm³/mol. The van der Waals surface area contributed by atoms with Gasteiger partial charge in [0.05, 0.1) is 52.9 Å². The maximum atomic E-state index is 8.60. The van der Waals surface area contributed by atoms with Crippen molar-refractivity contribution in [2.75, 3.05) is 59.5 Å².